The third-order valence-electron chi connectivity index (χ3n) is 5.32. The lowest BCUT2D eigenvalue weighted by molar-refractivity contribution is -0.138. The SMILES string of the molecule is CCCC(CN)C(=O)N1CCC2(CCCCC2)CC1. The smallest absolute Gasteiger partial charge is 0.226 e. The van der Waals surface area contributed by atoms with Crippen LogP contribution in [0.15, 0.2) is 0 Å². The number of amides is 1. The van der Waals surface area contributed by atoms with Crippen molar-refractivity contribution in [2.75, 3.05) is 19.6 Å². The molecule has 2 N–H and O–H groups in total. The summed E-state index contributed by atoms with van der Waals surface area (Å²) in [6.45, 7) is 4.58. The summed E-state index contributed by atoms with van der Waals surface area (Å²) in [5, 5.41) is 0. The first-order valence-electron chi connectivity index (χ1n) is 8.19. The van der Waals surface area contributed by atoms with Gasteiger partial charge in [-0.2, -0.15) is 0 Å². The largest absolute Gasteiger partial charge is 0.342 e. The molecule has 0 radical (unpaired) electrons. The quantitative estimate of drug-likeness (QED) is 0.850. The molecule has 3 heteroatoms. The molecule has 0 aromatic heterocycles. The van der Waals surface area contributed by atoms with Crippen molar-refractivity contribution >= 4 is 5.91 Å². The highest BCUT2D eigenvalue weighted by atomic mass is 16.2. The Labute approximate surface area is 117 Å². The molecular weight excluding hydrogens is 236 g/mol. The van der Waals surface area contributed by atoms with Gasteiger partial charge in [-0.25, -0.2) is 0 Å². The molecule has 1 aliphatic heterocycles. The van der Waals surface area contributed by atoms with Gasteiger partial charge in [0.25, 0.3) is 0 Å². The third kappa shape index (κ3) is 3.50. The highest BCUT2D eigenvalue weighted by Gasteiger charge is 2.37. The van der Waals surface area contributed by atoms with Crippen molar-refractivity contribution in [3.8, 4) is 0 Å². The molecule has 110 valence electrons. The highest BCUT2D eigenvalue weighted by Crippen LogP contribution is 2.44. The Morgan fingerprint density at radius 2 is 1.79 bits per heavy atom. The number of carbonyl (C=O) groups is 1. The van der Waals surface area contributed by atoms with Gasteiger partial charge >= 0.3 is 0 Å². The van der Waals surface area contributed by atoms with Crippen LogP contribution in [-0.4, -0.2) is 30.4 Å². The van der Waals surface area contributed by atoms with Crippen molar-refractivity contribution in [1.29, 1.82) is 0 Å². The Bertz CT molecular complexity index is 287. The average Bonchev–Trinajstić information content (AvgIpc) is 2.46. The molecule has 1 saturated carbocycles. The van der Waals surface area contributed by atoms with Gasteiger partial charge in [0, 0.05) is 19.6 Å². The molecule has 3 nitrogen and oxygen atoms in total. The predicted molar refractivity (Wildman–Crippen MR) is 78.8 cm³/mol. The fourth-order valence-electron chi connectivity index (χ4n) is 3.95. The minimum Gasteiger partial charge on any atom is -0.342 e. The van der Waals surface area contributed by atoms with Crippen molar-refractivity contribution in [2.45, 2.75) is 64.7 Å². The van der Waals surface area contributed by atoms with Crippen LogP contribution in [0.5, 0.6) is 0 Å². The number of rotatable bonds is 4. The van der Waals surface area contributed by atoms with Crippen LogP contribution in [0.1, 0.15) is 64.7 Å². The van der Waals surface area contributed by atoms with Gasteiger partial charge in [-0.3, -0.25) is 4.79 Å². The van der Waals surface area contributed by atoms with Crippen LogP contribution in [0, 0.1) is 11.3 Å². The maximum atomic E-state index is 12.4. The van der Waals surface area contributed by atoms with E-state index in [1.165, 1.54) is 44.9 Å². The number of carbonyl (C=O) groups excluding carboxylic acids is 1. The van der Waals surface area contributed by atoms with E-state index in [0.717, 1.165) is 25.9 Å². The summed E-state index contributed by atoms with van der Waals surface area (Å²) in [6, 6.07) is 0. The minimum atomic E-state index is 0.0606. The molecule has 1 saturated heterocycles. The second-order valence-electron chi connectivity index (χ2n) is 6.61. The lowest BCUT2D eigenvalue weighted by Gasteiger charge is -2.45. The van der Waals surface area contributed by atoms with Gasteiger partial charge in [0.05, 0.1) is 5.92 Å². The molecule has 1 unspecified atom stereocenters. The zero-order chi connectivity index (χ0) is 13.7. The van der Waals surface area contributed by atoms with Crippen molar-refractivity contribution < 1.29 is 4.79 Å². The van der Waals surface area contributed by atoms with Crippen molar-refractivity contribution in [3.63, 3.8) is 0 Å². The van der Waals surface area contributed by atoms with E-state index >= 15 is 0 Å². The number of likely N-dealkylation sites (tertiary alicyclic amines) is 1. The average molecular weight is 266 g/mol. The van der Waals surface area contributed by atoms with Gasteiger partial charge in [-0.1, -0.05) is 32.6 Å². The lowest BCUT2D eigenvalue weighted by Crippen LogP contribution is -2.47. The van der Waals surface area contributed by atoms with Gasteiger partial charge < -0.3 is 10.6 Å². The van der Waals surface area contributed by atoms with E-state index in [-0.39, 0.29) is 5.92 Å². The zero-order valence-corrected chi connectivity index (χ0v) is 12.5. The van der Waals surface area contributed by atoms with E-state index in [9.17, 15) is 4.79 Å². The van der Waals surface area contributed by atoms with Crippen LogP contribution < -0.4 is 5.73 Å². The summed E-state index contributed by atoms with van der Waals surface area (Å²) in [7, 11) is 0. The lowest BCUT2D eigenvalue weighted by atomic mass is 9.68. The van der Waals surface area contributed by atoms with E-state index in [2.05, 4.69) is 11.8 Å². The Balaban J connectivity index is 1.86. The van der Waals surface area contributed by atoms with Crippen molar-refractivity contribution in [2.24, 2.45) is 17.1 Å². The van der Waals surface area contributed by atoms with E-state index in [1.54, 1.807) is 0 Å². The second kappa shape index (κ2) is 6.74. The Kier molecular flexibility index (Phi) is 5.26. The summed E-state index contributed by atoms with van der Waals surface area (Å²) < 4.78 is 0. The standard InChI is InChI=1S/C16H30N2O/c1-2-6-14(13-17)15(19)18-11-9-16(10-12-18)7-4-3-5-8-16/h14H,2-13,17H2,1H3. The normalized spacial score (nSPS) is 24.4. The number of nitrogens with zero attached hydrogens (tertiary/aromatic N) is 1. The number of piperidine rings is 1. The molecule has 1 aliphatic carbocycles. The number of nitrogens with two attached hydrogens (primary N) is 1. The maximum Gasteiger partial charge on any atom is 0.226 e. The fourth-order valence-corrected chi connectivity index (χ4v) is 3.95. The summed E-state index contributed by atoms with van der Waals surface area (Å²) >= 11 is 0. The van der Waals surface area contributed by atoms with Crippen LogP contribution in [0.4, 0.5) is 0 Å². The fraction of sp³-hybridized carbons (Fsp3) is 0.938. The Morgan fingerprint density at radius 3 is 2.32 bits per heavy atom. The molecule has 19 heavy (non-hydrogen) atoms. The van der Waals surface area contributed by atoms with Crippen LogP contribution in [0.25, 0.3) is 0 Å². The van der Waals surface area contributed by atoms with Crippen LogP contribution >= 0.6 is 0 Å². The van der Waals surface area contributed by atoms with Crippen LogP contribution in [0.2, 0.25) is 0 Å². The molecular formula is C16H30N2O. The minimum absolute atomic E-state index is 0.0606. The molecule has 1 atom stereocenters. The molecule has 0 aromatic rings. The Hall–Kier alpha value is -0.570. The van der Waals surface area contributed by atoms with Gasteiger partial charge in [0.15, 0.2) is 0 Å². The van der Waals surface area contributed by atoms with Crippen molar-refractivity contribution in [1.82, 2.24) is 4.90 Å². The summed E-state index contributed by atoms with van der Waals surface area (Å²) in [4.78, 5) is 14.5. The molecule has 0 aromatic carbocycles. The summed E-state index contributed by atoms with van der Waals surface area (Å²) in [5.74, 6) is 0.375. The Morgan fingerprint density at radius 1 is 1.16 bits per heavy atom. The van der Waals surface area contributed by atoms with Crippen molar-refractivity contribution in [3.05, 3.63) is 0 Å². The summed E-state index contributed by atoms with van der Waals surface area (Å²) in [6.07, 6.45) is 11.4. The van der Waals surface area contributed by atoms with Gasteiger partial charge in [0.1, 0.15) is 0 Å². The van der Waals surface area contributed by atoms with E-state index in [1.807, 2.05) is 0 Å². The topological polar surface area (TPSA) is 46.3 Å². The second-order valence-corrected chi connectivity index (χ2v) is 6.61. The van der Waals surface area contributed by atoms with E-state index in [0.29, 0.717) is 17.9 Å². The molecule has 2 aliphatic rings. The number of hydrogen-bond donors (Lipinski definition) is 1. The molecule has 1 spiro atoms. The van der Waals surface area contributed by atoms with Gasteiger partial charge in [-0.15, -0.1) is 0 Å². The number of hydrogen-bond acceptors (Lipinski definition) is 2. The first kappa shape index (κ1) is 14.8. The molecule has 2 fully saturated rings. The first-order valence-corrected chi connectivity index (χ1v) is 8.19. The van der Waals surface area contributed by atoms with Gasteiger partial charge in [-0.05, 0) is 37.5 Å². The molecule has 0 bridgehead atoms. The maximum absolute atomic E-state index is 12.4. The third-order valence-corrected chi connectivity index (χ3v) is 5.32. The van der Waals surface area contributed by atoms with Crippen LogP contribution in [0.3, 0.4) is 0 Å². The monoisotopic (exact) mass is 266 g/mol. The molecule has 1 heterocycles. The zero-order valence-electron chi connectivity index (χ0n) is 12.5. The van der Waals surface area contributed by atoms with E-state index in [4.69, 9.17) is 5.73 Å². The molecule has 1 amide bonds. The predicted octanol–water partition coefficient (Wildman–Crippen LogP) is 2.93. The highest BCUT2D eigenvalue weighted by molar-refractivity contribution is 5.79. The molecule has 2 rings (SSSR count). The van der Waals surface area contributed by atoms with Crippen LogP contribution in [-0.2, 0) is 4.79 Å². The van der Waals surface area contributed by atoms with Gasteiger partial charge in [0.2, 0.25) is 5.91 Å². The van der Waals surface area contributed by atoms with E-state index < -0.39 is 0 Å². The first-order chi connectivity index (χ1) is 9.21. The summed E-state index contributed by atoms with van der Waals surface area (Å²) in [5.41, 5.74) is 6.34.